The molecule has 4 N–H and O–H groups in total. The number of carboxylic acids is 1. The number of ether oxygens (including phenoxy) is 2. The van der Waals surface area contributed by atoms with Gasteiger partial charge in [0, 0.05) is 5.69 Å². The molecule has 224 valence electrons. The standard InChI is InChI=1S/C32H38FN3O6/c1-17-13-18(2)27(19(3)14-17)36-31(40)34-25-16-22(21-10-12-26(41-8)24(33)15-21)9-11-23(25)29(37)35-28(30(38)39)20(4)42-32(5,6)7/h9-16,20,28H,1-8H3,(H,35,37)(H,38,39)(H2,34,36,40)/t20-,28+/m1/s1. The quantitative estimate of drug-likeness (QED) is 0.231. The minimum atomic E-state index is -1.37. The Kier molecular flexibility index (Phi) is 9.95. The van der Waals surface area contributed by atoms with Crippen LogP contribution in [-0.2, 0) is 9.53 Å². The zero-order valence-corrected chi connectivity index (χ0v) is 25.1. The molecule has 9 nitrogen and oxygen atoms in total. The number of halogens is 1. The molecular weight excluding hydrogens is 541 g/mol. The molecule has 0 saturated carbocycles. The molecule has 0 aliphatic heterocycles. The van der Waals surface area contributed by atoms with Gasteiger partial charge >= 0.3 is 12.0 Å². The lowest BCUT2D eigenvalue weighted by atomic mass is 10.0. The predicted molar refractivity (Wildman–Crippen MR) is 161 cm³/mol. The summed E-state index contributed by atoms with van der Waals surface area (Å²) in [5, 5.41) is 17.9. The van der Waals surface area contributed by atoms with Gasteiger partial charge in [-0.1, -0.05) is 29.8 Å². The number of urea groups is 1. The molecule has 0 aromatic heterocycles. The van der Waals surface area contributed by atoms with Crippen LogP contribution in [0.4, 0.5) is 20.6 Å². The van der Waals surface area contributed by atoms with Crippen LogP contribution >= 0.6 is 0 Å². The second-order valence-electron chi connectivity index (χ2n) is 11.2. The maximum atomic E-state index is 14.5. The van der Waals surface area contributed by atoms with Crippen LogP contribution in [0.15, 0.2) is 48.5 Å². The summed E-state index contributed by atoms with van der Waals surface area (Å²) in [5.74, 6) is -2.52. The fourth-order valence-electron chi connectivity index (χ4n) is 4.74. The smallest absolute Gasteiger partial charge is 0.328 e. The third-order valence-electron chi connectivity index (χ3n) is 6.47. The average molecular weight is 580 g/mol. The second-order valence-corrected chi connectivity index (χ2v) is 11.2. The van der Waals surface area contributed by atoms with Gasteiger partial charge in [-0.3, -0.25) is 4.79 Å². The van der Waals surface area contributed by atoms with Crippen LogP contribution in [0.2, 0.25) is 0 Å². The van der Waals surface area contributed by atoms with Crippen LogP contribution in [0.25, 0.3) is 11.1 Å². The fraction of sp³-hybridized carbons (Fsp3) is 0.344. The molecule has 0 aliphatic rings. The minimum Gasteiger partial charge on any atom is -0.494 e. The summed E-state index contributed by atoms with van der Waals surface area (Å²) in [6, 6.07) is 10.8. The minimum absolute atomic E-state index is 0.00874. The van der Waals surface area contributed by atoms with Gasteiger partial charge in [0.2, 0.25) is 0 Å². The van der Waals surface area contributed by atoms with E-state index in [4.69, 9.17) is 9.47 Å². The van der Waals surface area contributed by atoms with Gasteiger partial charge in [-0.2, -0.15) is 0 Å². The summed E-state index contributed by atoms with van der Waals surface area (Å²) in [5.41, 5.74) is 3.83. The molecule has 0 spiro atoms. The lowest BCUT2D eigenvalue weighted by Crippen LogP contribution is -2.50. The molecule has 0 fully saturated rings. The predicted octanol–water partition coefficient (Wildman–Crippen LogP) is 6.46. The Balaban J connectivity index is 2.00. The van der Waals surface area contributed by atoms with Crippen LogP contribution in [0.1, 0.15) is 54.7 Å². The van der Waals surface area contributed by atoms with Crippen molar-refractivity contribution in [3.63, 3.8) is 0 Å². The second kappa shape index (κ2) is 13.0. The van der Waals surface area contributed by atoms with E-state index in [1.165, 1.54) is 31.4 Å². The number of methoxy groups -OCH3 is 1. The lowest BCUT2D eigenvalue weighted by molar-refractivity contribution is -0.146. The highest BCUT2D eigenvalue weighted by Crippen LogP contribution is 2.30. The third-order valence-corrected chi connectivity index (χ3v) is 6.47. The van der Waals surface area contributed by atoms with Gasteiger partial charge < -0.3 is 30.5 Å². The van der Waals surface area contributed by atoms with Crippen molar-refractivity contribution in [2.45, 2.75) is 66.2 Å². The largest absolute Gasteiger partial charge is 0.494 e. The van der Waals surface area contributed by atoms with E-state index in [-0.39, 0.29) is 17.0 Å². The lowest BCUT2D eigenvalue weighted by Gasteiger charge is -2.29. The fourth-order valence-corrected chi connectivity index (χ4v) is 4.74. The Morgan fingerprint density at radius 1 is 0.905 bits per heavy atom. The van der Waals surface area contributed by atoms with Crippen molar-refractivity contribution >= 4 is 29.3 Å². The topological polar surface area (TPSA) is 126 Å². The number of carboxylic acid groups (broad SMARTS) is 1. The van der Waals surface area contributed by atoms with Gasteiger partial charge in [0.15, 0.2) is 17.6 Å². The van der Waals surface area contributed by atoms with Crippen molar-refractivity contribution in [2.24, 2.45) is 0 Å². The average Bonchev–Trinajstić information content (AvgIpc) is 2.87. The number of hydrogen-bond acceptors (Lipinski definition) is 5. The van der Waals surface area contributed by atoms with Crippen LogP contribution in [0, 0.1) is 26.6 Å². The van der Waals surface area contributed by atoms with Crippen LogP contribution in [0.5, 0.6) is 5.75 Å². The number of hydrogen-bond donors (Lipinski definition) is 4. The first kappa shape index (κ1) is 32.1. The van der Waals surface area contributed by atoms with E-state index in [1.807, 2.05) is 32.9 Å². The van der Waals surface area contributed by atoms with Gasteiger partial charge in [0.1, 0.15) is 0 Å². The molecule has 3 aromatic carbocycles. The van der Waals surface area contributed by atoms with E-state index in [0.29, 0.717) is 16.8 Å². The Labute approximate surface area is 245 Å². The van der Waals surface area contributed by atoms with E-state index in [9.17, 15) is 23.9 Å². The zero-order valence-electron chi connectivity index (χ0n) is 25.1. The number of carbonyl (C=O) groups excluding carboxylic acids is 2. The Bertz CT molecular complexity index is 1480. The number of carbonyl (C=O) groups is 3. The van der Waals surface area contributed by atoms with E-state index in [2.05, 4.69) is 16.0 Å². The van der Waals surface area contributed by atoms with Gasteiger partial charge in [0.05, 0.1) is 30.1 Å². The molecule has 42 heavy (non-hydrogen) atoms. The number of rotatable bonds is 9. The van der Waals surface area contributed by atoms with Crippen molar-refractivity contribution in [3.05, 3.63) is 76.6 Å². The number of aryl methyl sites for hydroxylation is 3. The van der Waals surface area contributed by atoms with Gasteiger partial charge in [-0.15, -0.1) is 0 Å². The summed E-state index contributed by atoms with van der Waals surface area (Å²) in [6.07, 6.45) is -0.861. The molecule has 3 amide bonds. The van der Waals surface area contributed by atoms with E-state index >= 15 is 0 Å². The van der Waals surface area contributed by atoms with Gasteiger partial charge in [-0.05, 0) is 95.0 Å². The maximum Gasteiger partial charge on any atom is 0.328 e. The maximum absolute atomic E-state index is 14.5. The number of anilines is 2. The van der Waals surface area contributed by atoms with Crippen LogP contribution in [0.3, 0.4) is 0 Å². The highest BCUT2D eigenvalue weighted by Gasteiger charge is 2.31. The van der Waals surface area contributed by atoms with E-state index in [1.54, 1.807) is 39.8 Å². The normalized spacial score (nSPS) is 12.7. The highest BCUT2D eigenvalue weighted by molar-refractivity contribution is 6.08. The van der Waals surface area contributed by atoms with E-state index < -0.39 is 41.5 Å². The van der Waals surface area contributed by atoms with Crippen LogP contribution in [-0.4, -0.2) is 47.9 Å². The van der Waals surface area contributed by atoms with Crippen molar-refractivity contribution < 1.29 is 33.4 Å². The van der Waals surface area contributed by atoms with Gasteiger partial charge in [0.25, 0.3) is 5.91 Å². The summed E-state index contributed by atoms with van der Waals surface area (Å²) in [6.45, 7) is 12.6. The first-order chi connectivity index (χ1) is 19.6. The Hall–Kier alpha value is -4.44. The van der Waals surface area contributed by atoms with Crippen LogP contribution < -0.4 is 20.7 Å². The van der Waals surface area contributed by atoms with Crippen molar-refractivity contribution in [1.82, 2.24) is 5.32 Å². The summed E-state index contributed by atoms with van der Waals surface area (Å²) in [4.78, 5) is 38.7. The molecule has 10 heteroatoms. The molecule has 0 heterocycles. The Morgan fingerprint density at radius 2 is 1.50 bits per heavy atom. The van der Waals surface area contributed by atoms with E-state index in [0.717, 1.165) is 16.7 Å². The molecule has 3 aromatic rings. The highest BCUT2D eigenvalue weighted by atomic mass is 19.1. The molecule has 0 bridgehead atoms. The number of nitrogens with one attached hydrogen (secondary N) is 3. The summed E-state index contributed by atoms with van der Waals surface area (Å²) < 4.78 is 25.3. The molecule has 3 rings (SSSR count). The van der Waals surface area contributed by atoms with Crippen molar-refractivity contribution in [3.8, 4) is 16.9 Å². The number of benzene rings is 3. The molecule has 0 saturated heterocycles. The monoisotopic (exact) mass is 579 g/mol. The molecule has 0 unspecified atom stereocenters. The first-order valence-electron chi connectivity index (χ1n) is 13.4. The SMILES string of the molecule is COc1ccc(-c2ccc(C(=O)N[C@H](C(=O)O)[C@@H](C)OC(C)(C)C)c(NC(=O)Nc3c(C)cc(C)cc3C)c2)cc1F. The van der Waals surface area contributed by atoms with Crippen molar-refractivity contribution in [1.29, 1.82) is 0 Å². The summed E-state index contributed by atoms with van der Waals surface area (Å²) in [7, 11) is 1.36. The molecule has 2 atom stereocenters. The van der Waals surface area contributed by atoms with Crippen molar-refractivity contribution in [2.75, 3.05) is 17.7 Å². The summed E-state index contributed by atoms with van der Waals surface area (Å²) >= 11 is 0. The third kappa shape index (κ3) is 8.07. The zero-order chi connectivity index (χ0) is 31.4. The van der Waals surface area contributed by atoms with Gasteiger partial charge in [-0.25, -0.2) is 14.0 Å². The number of aliphatic carboxylic acids is 1. The molecule has 0 radical (unpaired) electrons. The Morgan fingerprint density at radius 3 is 2.05 bits per heavy atom. The molecule has 0 aliphatic carbocycles. The first-order valence-corrected chi connectivity index (χ1v) is 13.4. The molecular formula is C32H38FN3O6. The number of amides is 3.